The molecule has 0 spiro atoms. The van der Waals surface area contributed by atoms with Crippen molar-refractivity contribution in [3.05, 3.63) is 10.1 Å². The third kappa shape index (κ3) is 4.76. The molecule has 1 saturated carbocycles. The van der Waals surface area contributed by atoms with Crippen LogP contribution in [-0.2, 0) is 14.4 Å². The fraction of sp³-hybridized carbons (Fsp3) is 0.762. The van der Waals surface area contributed by atoms with Crippen molar-refractivity contribution >= 4 is 87.4 Å². The number of alkyl halides is 4. The van der Waals surface area contributed by atoms with Crippen molar-refractivity contribution in [1.29, 1.82) is 0 Å². The number of piperidine rings is 1. The third-order valence-corrected chi connectivity index (χ3v) is 11.0. The lowest BCUT2D eigenvalue weighted by Gasteiger charge is -2.46. The van der Waals surface area contributed by atoms with Gasteiger partial charge in [-0.2, -0.15) is 0 Å². The van der Waals surface area contributed by atoms with Gasteiger partial charge in [0, 0.05) is 30.1 Å². The van der Waals surface area contributed by atoms with E-state index in [0.717, 1.165) is 12.8 Å². The van der Waals surface area contributed by atoms with Crippen LogP contribution in [0.15, 0.2) is 10.1 Å². The molecule has 5 N–H and O–H groups in total. The van der Waals surface area contributed by atoms with Gasteiger partial charge in [0.25, 0.3) is 0 Å². The molecule has 198 valence electrons. The Labute approximate surface area is 234 Å². The van der Waals surface area contributed by atoms with E-state index in [1.54, 1.807) is 0 Å². The van der Waals surface area contributed by atoms with Crippen LogP contribution in [-0.4, -0.2) is 60.6 Å². The summed E-state index contributed by atoms with van der Waals surface area (Å²) in [5.41, 5.74) is 4.37. The quantitative estimate of drug-likeness (QED) is 0.231. The number of rotatable bonds is 6. The minimum atomic E-state index is -2.22. The summed E-state index contributed by atoms with van der Waals surface area (Å²) in [5.74, 6) is -6.30. The van der Waals surface area contributed by atoms with Gasteiger partial charge in [0.05, 0.1) is 21.9 Å². The molecule has 1 saturated heterocycles. The van der Waals surface area contributed by atoms with E-state index >= 15 is 0 Å². The molecule has 4 atom stereocenters. The number of carbonyl (C=O) groups is 3. The Morgan fingerprint density at radius 3 is 1.89 bits per heavy atom. The summed E-state index contributed by atoms with van der Waals surface area (Å²) in [5, 5.41) is 16.1. The molecule has 0 aromatic rings. The lowest BCUT2D eigenvalue weighted by atomic mass is 9.79. The average Bonchev–Trinajstić information content (AvgIpc) is 2.90. The first-order valence-corrected chi connectivity index (χ1v) is 13.2. The van der Waals surface area contributed by atoms with E-state index in [2.05, 4.69) is 49.2 Å². The first-order chi connectivity index (χ1) is 15.8. The van der Waals surface area contributed by atoms with Crippen molar-refractivity contribution < 1.29 is 19.5 Å². The van der Waals surface area contributed by atoms with Crippen LogP contribution in [0.1, 0.15) is 47.0 Å². The van der Waals surface area contributed by atoms with Crippen LogP contribution >= 0.6 is 69.6 Å². The molecule has 0 aromatic heterocycles. The first kappa shape index (κ1) is 29.4. The van der Waals surface area contributed by atoms with Gasteiger partial charge in [-0.3, -0.25) is 25.2 Å². The Morgan fingerprint density at radius 2 is 1.40 bits per heavy atom. The zero-order valence-electron chi connectivity index (χ0n) is 19.5. The lowest BCUT2D eigenvalue weighted by Crippen LogP contribution is -2.61. The molecule has 1 heterocycles. The number of aliphatic carboxylic acids is 1. The molecule has 14 heteroatoms. The minimum absolute atomic E-state index is 0.0486. The smallest absolute Gasteiger partial charge is 0.309 e. The van der Waals surface area contributed by atoms with E-state index in [0.29, 0.717) is 6.54 Å². The highest BCUT2D eigenvalue weighted by Crippen LogP contribution is 2.76. The van der Waals surface area contributed by atoms with E-state index < -0.39 is 43.7 Å². The fourth-order valence-corrected chi connectivity index (χ4v) is 8.69. The van der Waals surface area contributed by atoms with E-state index in [1.807, 2.05) is 0 Å². The summed E-state index contributed by atoms with van der Waals surface area (Å²) >= 11 is 38.2. The van der Waals surface area contributed by atoms with Crippen LogP contribution in [0.3, 0.4) is 0 Å². The Balaban J connectivity index is 1.61. The number of carbonyl (C=O) groups excluding carboxylic acids is 2. The number of hydrogen-bond acceptors (Lipinski definition) is 5. The molecule has 2 aliphatic carbocycles. The average molecular weight is 613 g/mol. The number of fused-ring (bicyclic) bond motifs is 2. The number of allylic oxidation sites excluding steroid dienone is 2. The molecule has 2 amide bonds. The molecule has 8 nitrogen and oxygen atoms in total. The number of nitrogens with one attached hydrogen (secondary N) is 4. The largest absolute Gasteiger partial charge is 0.481 e. The van der Waals surface area contributed by atoms with Gasteiger partial charge in [0.2, 0.25) is 11.8 Å². The van der Waals surface area contributed by atoms with Crippen LogP contribution in [0, 0.1) is 11.8 Å². The Hall–Kier alpha value is -0.190. The van der Waals surface area contributed by atoms with Crippen LogP contribution in [0.2, 0.25) is 0 Å². The summed E-state index contributed by atoms with van der Waals surface area (Å²) in [7, 11) is 0. The van der Waals surface area contributed by atoms with Gasteiger partial charge in [-0.25, -0.2) is 0 Å². The van der Waals surface area contributed by atoms with Crippen molar-refractivity contribution in [1.82, 2.24) is 21.5 Å². The van der Waals surface area contributed by atoms with Gasteiger partial charge in [-0.15, -0.1) is 23.2 Å². The van der Waals surface area contributed by atoms with Crippen molar-refractivity contribution in [2.45, 2.75) is 78.2 Å². The summed E-state index contributed by atoms with van der Waals surface area (Å²) in [4.78, 5) is 33.2. The topological polar surface area (TPSA) is 120 Å². The SMILES string of the molecule is CC1(C)CC(NCCC(=O)NNC(=O)C2C(C(=O)O)C3(Cl)C(Cl)=C(Cl)C2(Cl)C3(Cl)Cl)CC(C)(C)N1. The predicted octanol–water partition coefficient (Wildman–Crippen LogP) is 3.59. The first-order valence-electron chi connectivity index (χ1n) is 11.0. The highest BCUT2D eigenvalue weighted by atomic mass is 35.5. The maximum absolute atomic E-state index is 13.0. The second kappa shape index (κ2) is 9.53. The maximum atomic E-state index is 13.0. The van der Waals surface area contributed by atoms with E-state index in [9.17, 15) is 19.5 Å². The summed E-state index contributed by atoms with van der Waals surface area (Å²) in [6, 6.07) is 0.212. The molecule has 2 fully saturated rings. The molecule has 0 radical (unpaired) electrons. The molecule has 4 unspecified atom stereocenters. The van der Waals surface area contributed by atoms with Crippen molar-refractivity contribution in [3.8, 4) is 0 Å². The van der Waals surface area contributed by atoms with Gasteiger partial charge < -0.3 is 15.7 Å². The van der Waals surface area contributed by atoms with Crippen LogP contribution < -0.4 is 21.5 Å². The highest BCUT2D eigenvalue weighted by molar-refractivity contribution is 6.66. The summed E-state index contributed by atoms with van der Waals surface area (Å²) in [6.45, 7) is 8.89. The Kier molecular flexibility index (Phi) is 7.99. The van der Waals surface area contributed by atoms with Crippen LogP contribution in [0.5, 0.6) is 0 Å². The molecule has 0 aromatic carbocycles. The standard InChI is InChI=1S/C21H28Cl6N4O4/c1-17(2)7-9(8-18(3,4)31-17)28-6-5-10(32)29-30-15(33)11-12(16(34)35)20(25)14(23)13(22)19(11,24)21(20,26)27/h9,11-12,28,31H,5-8H2,1-4H3,(H,29,32)(H,30,33)(H,34,35). The highest BCUT2D eigenvalue weighted by Gasteiger charge is 2.85. The molecule has 2 bridgehead atoms. The molecule has 1 aliphatic heterocycles. The van der Waals surface area contributed by atoms with Crippen molar-refractivity contribution in [2.24, 2.45) is 11.8 Å². The number of amides is 2. The maximum Gasteiger partial charge on any atom is 0.309 e. The molecule has 3 aliphatic rings. The van der Waals surface area contributed by atoms with E-state index in [-0.39, 0.29) is 33.6 Å². The number of halogens is 6. The number of carboxylic acids is 1. The molecule has 35 heavy (non-hydrogen) atoms. The van der Waals surface area contributed by atoms with E-state index in [4.69, 9.17) is 69.6 Å². The normalized spacial score (nSPS) is 35.1. The molecular formula is C21H28Cl6N4O4. The molecule has 3 rings (SSSR count). The van der Waals surface area contributed by atoms with Gasteiger partial charge >= 0.3 is 5.97 Å². The van der Waals surface area contributed by atoms with Gasteiger partial charge in [-0.05, 0) is 40.5 Å². The predicted molar refractivity (Wildman–Crippen MR) is 138 cm³/mol. The summed E-state index contributed by atoms with van der Waals surface area (Å²) < 4.78 is -2.22. The van der Waals surface area contributed by atoms with Crippen LogP contribution in [0.4, 0.5) is 0 Å². The number of carboxylic acid groups (broad SMARTS) is 1. The van der Waals surface area contributed by atoms with Crippen LogP contribution in [0.25, 0.3) is 0 Å². The Bertz CT molecular complexity index is 957. The zero-order chi connectivity index (χ0) is 26.8. The lowest BCUT2D eigenvalue weighted by molar-refractivity contribution is -0.147. The molecular weight excluding hydrogens is 585 g/mol. The van der Waals surface area contributed by atoms with E-state index in [1.165, 1.54) is 0 Å². The van der Waals surface area contributed by atoms with Gasteiger partial charge in [0.15, 0.2) is 4.33 Å². The Morgan fingerprint density at radius 1 is 0.914 bits per heavy atom. The summed E-state index contributed by atoms with van der Waals surface area (Å²) in [6.07, 6.45) is 1.84. The minimum Gasteiger partial charge on any atom is -0.481 e. The zero-order valence-corrected chi connectivity index (χ0v) is 24.0. The number of hydrazine groups is 1. The van der Waals surface area contributed by atoms with Crippen molar-refractivity contribution in [2.75, 3.05) is 6.54 Å². The monoisotopic (exact) mass is 610 g/mol. The second-order valence-corrected chi connectivity index (χ2v) is 13.9. The van der Waals surface area contributed by atoms with Crippen molar-refractivity contribution in [3.63, 3.8) is 0 Å². The van der Waals surface area contributed by atoms with Gasteiger partial charge in [-0.1, -0.05) is 46.4 Å². The van der Waals surface area contributed by atoms with Gasteiger partial charge in [0.1, 0.15) is 9.75 Å². The number of hydrogen-bond donors (Lipinski definition) is 5. The third-order valence-electron chi connectivity index (χ3n) is 6.78. The second-order valence-electron chi connectivity index (χ2n) is 10.7. The fourth-order valence-electron chi connectivity index (χ4n) is 5.76.